The highest BCUT2D eigenvalue weighted by molar-refractivity contribution is 5.92. The van der Waals surface area contributed by atoms with E-state index in [1.807, 2.05) is 17.0 Å². The normalized spacial score (nSPS) is 15.0. The van der Waals surface area contributed by atoms with Crippen LogP contribution in [0.25, 0.3) is 0 Å². The number of nitrogens with zero attached hydrogens (tertiary/aromatic N) is 3. The van der Waals surface area contributed by atoms with E-state index in [2.05, 4.69) is 41.5 Å². The topological polar surface area (TPSA) is 58.1 Å². The van der Waals surface area contributed by atoms with Gasteiger partial charge in [-0.1, -0.05) is 31.0 Å². The summed E-state index contributed by atoms with van der Waals surface area (Å²) in [5, 5.41) is 11.6. The van der Waals surface area contributed by atoms with Gasteiger partial charge < -0.3 is 10.2 Å². The van der Waals surface area contributed by atoms with Gasteiger partial charge in [0.1, 0.15) is 0 Å². The molecule has 2 heterocycles. The van der Waals surface area contributed by atoms with Crippen molar-refractivity contribution in [3.63, 3.8) is 0 Å². The molecule has 3 rings (SSSR count). The smallest absolute Gasteiger partial charge is 0.274 e. The minimum absolute atomic E-state index is 0.0111. The van der Waals surface area contributed by atoms with Gasteiger partial charge in [0.2, 0.25) is 0 Å². The Morgan fingerprint density at radius 2 is 1.62 bits per heavy atom. The summed E-state index contributed by atoms with van der Waals surface area (Å²) in [6.07, 6.45) is 4.55. The van der Waals surface area contributed by atoms with Crippen LogP contribution in [0.1, 0.15) is 47.3 Å². The lowest BCUT2D eigenvalue weighted by Crippen LogP contribution is -2.32. The van der Waals surface area contributed by atoms with Crippen molar-refractivity contribution in [1.29, 1.82) is 0 Å². The number of carbonyl (C=O) groups is 1. The number of aryl methyl sites for hydroxylation is 2. The molecule has 126 valence electrons. The molecule has 1 aromatic carbocycles. The van der Waals surface area contributed by atoms with Crippen molar-refractivity contribution in [2.45, 2.75) is 39.5 Å². The third kappa shape index (κ3) is 3.72. The zero-order valence-corrected chi connectivity index (χ0v) is 14.4. The van der Waals surface area contributed by atoms with Gasteiger partial charge in [0, 0.05) is 18.8 Å². The van der Waals surface area contributed by atoms with E-state index in [1.165, 1.54) is 12.8 Å². The van der Waals surface area contributed by atoms with Crippen LogP contribution in [-0.2, 0) is 0 Å². The molecule has 1 aromatic heterocycles. The molecule has 1 aliphatic rings. The van der Waals surface area contributed by atoms with E-state index in [1.54, 1.807) is 6.07 Å². The van der Waals surface area contributed by atoms with Crippen LogP contribution in [0.5, 0.6) is 0 Å². The highest BCUT2D eigenvalue weighted by atomic mass is 16.2. The third-order valence-corrected chi connectivity index (χ3v) is 4.51. The molecule has 0 unspecified atom stereocenters. The second-order valence-corrected chi connectivity index (χ2v) is 6.40. The summed E-state index contributed by atoms with van der Waals surface area (Å²) < 4.78 is 0. The van der Waals surface area contributed by atoms with Crippen molar-refractivity contribution in [2.24, 2.45) is 0 Å². The number of anilines is 2. The predicted molar refractivity (Wildman–Crippen MR) is 95.6 cm³/mol. The SMILES string of the molecule is Cc1cccc(C)c1Nc1ccc(C(=O)N2CCCCCC2)nn1. The average molecular weight is 324 g/mol. The Balaban J connectivity index is 1.72. The highest BCUT2D eigenvalue weighted by Crippen LogP contribution is 2.23. The Labute approximate surface area is 143 Å². The summed E-state index contributed by atoms with van der Waals surface area (Å²) in [7, 11) is 0. The number of hydrogen-bond acceptors (Lipinski definition) is 4. The summed E-state index contributed by atoms with van der Waals surface area (Å²) >= 11 is 0. The van der Waals surface area contributed by atoms with Gasteiger partial charge in [-0.15, -0.1) is 10.2 Å². The maximum absolute atomic E-state index is 12.5. The van der Waals surface area contributed by atoms with E-state index in [0.29, 0.717) is 11.5 Å². The first kappa shape index (κ1) is 16.4. The molecular formula is C19H24N4O. The van der Waals surface area contributed by atoms with Gasteiger partial charge in [-0.25, -0.2) is 0 Å². The molecule has 1 aliphatic heterocycles. The number of rotatable bonds is 3. The molecule has 0 radical (unpaired) electrons. The Kier molecular flexibility index (Phi) is 5.08. The number of para-hydroxylation sites is 1. The van der Waals surface area contributed by atoms with Crippen molar-refractivity contribution in [3.05, 3.63) is 47.2 Å². The molecule has 1 saturated heterocycles. The van der Waals surface area contributed by atoms with Crippen LogP contribution in [0.3, 0.4) is 0 Å². The summed E-state index contributed by atoms with van der Waals surface area (Å²) in [5.74, 6) is 0.642. The molecule has 24 heavy (non-hydrogen) atoms. The number of likely N-dealkylation sites (tertiary alicyclic amines) is 1. The van der Waals surface area contributed by atoms with E-state index in [0.717, 1.165) is 42.7 Å². The monoisotopic (exact) mass is 324 g/mol. The largest absolute Gasteiger partial charge is 0.338 e. The fraction of sp³-hybridized carbons (Fsp3) is 0.421. The molecule has 1 N–H and O–H groups in total. The maximum atomic E-state index is 12.5. The number of amides is 1. The van der Waals surface area contributed by atoms with Gasteiger partial charge >= 0.3 is 0 Å². The lowest BCUT2D eigenvalue weighted by molar-refractivity contribution is 0.0754. The first-order valence-corrected chi connectivity index (χ1v) is 8.61. The number of nitrogens with one attached hydrogen (secondary N) is 1. The fourth-order valence-electron chi connectivity index (χ4n) is 3.09. The average Bonchev–Trinajstić information content (AvgIpc) is 2.88. The summed E-state index contributed by atoms with van der Waals surface area (Å²) in [4.78, 5) is 14.4. The van der Waals surface area contributed by atoms with Gasteiger partial charge in [-0.2, -0.15) is 0 Å². The van der Waals surface area contributed by atoms with E-state index in [-0.39, 0.29) is 5.91 Å². The van der Waals surface area contributed by atoms with Crippen molar-refractivity contribution in [3.8, 4) is 0 Å². The molecule has 0 saturated carbocycles. The molecule has 0 aliphatic carbocycles. The van der Waals surface area contributed by atoms with Crippen molar-refractivity contribution in [2.75, 3.05) is 18.4 Å². The Hall–Kier alpha value is -2.43. The molecule has 1 amide bonds. The molecule has 1 fully saturated rings. The lowest BCUT2D eigenvalue weighted by Gasteiger charge is -2.19. The van der Waals surface area contributed by atoms with Crippen LogP contribution in [0.15, 0.2) is 30.3 Å². The van der Waals surface area contributed by atoms with Crippen molar-refractivity contribution < 1.29 is 4.79 Å². The van der Waals surface area contributed by atoms with Gasteiger partial charge in [-0.05, 0) is 49.9 Å². The Morgan fingerprint density at radius 3 is 2.21 bits per heavy atom. The quantitative estimate of drug-likeness (QED) is 0.931. The van der Waals surface area contributed by atoms with Gasteiger partial charge in [0.15, 0.2) is 11.5 Å². The number of carbonyl (C=O) groups excluding carboxylic acids is 1. The molecule has 0 bridgehead atoms. The molecule has 0 spiro atoms. The van der Waals surface area contributed by atoms with Gasteiger partial charge in [-0.3, -0.25) is 4.79 Å². The van der Waals surface area contributed by atoms with E-state index < -0.39 is 0 Å². The Bertz CT molecular complexity index is 684. The minimum atomic E-state index is -0.0111. The summed E-state index contributed by atoms with van der Waals surface area (Å²) in [6, 6.07) is 9.73. The number of aromatic nitrogens is 2. The lowest BCUT2D eigenvalue weighted by atomic mass is 10.1. The van der Waals surface area contributed by atoms with Crippen LogP contribution in [0.4, 0.5) is 11.5 Å². The molecular weight excluding hydrogens is 300 g/mol. The van der Waals surface area contributed by atoms with Crippen LogP contribution in [0.2, 0.25) is 0 Å². The van der Waals surface area contributed by atoms with Crippen molar-refractivity contribution in [1.82, 2.24) is 15.1 Å². The van der Waals surface area contributed by atoms with Gasteiger partial charge in [0.25, 0.3) is 5.91 Å². The fourth-order valence-corrected chi connectivity index (χ4v) is 3.09. The number of hydrogen-bond donors (Lipinski definition) is 1. The van der Waals surface area contributed by atoms with Gasteiger partial charge in [0.05, 0.1) is 0 Å². The third-order valence-electron chi connectivity index (χ3n) is 4.51. The maximum Gasteiger partial charge on any atom is 0.274 e. The summed E-state index contributed by atoms with van der Waals surface area (Å²) in [6.45, 7) is 5.76. The van der Waals surface area contributed by atoms with E-state index in [4.69, 9.17) is 0 Å². The first-order valence-electron chi connectivity index (χ1n) is 8.61. The van der Waals surface area contributed by atoms with Crippen LogP contribution >= 0.6 is 0 Å². The van der Waals surface area contributed by atoms with Crippen LogP contribution in [0, 0.1) is 13.8 Å². The van der Waals surface area contributed by atoms with Crippen molar-refractivity contribution >= 4 is 17.4 Å². The second kappa shape index (κ2) is 7.43. The molecule has 0 atom stereocenters. The minimum Gasteiger partial charge on any atom is -0.338 e. The molecule has 5 nitrogen and oxygen atoms in total. The summed E-state index contributed by atoms with van der Waals surface area (Å²) in [5.41, 5.74) is 3.77. The second-order valence-electron chi connectivity index (χ2n) is 6.40. The molecule has 5 heteroatoms. The van der Waals surface area contributed by atoms with E-state index in [9.17, 15) is 4.79 Å². The molecule has 2 aromatic rings. The van der Waals surface area contributed by atoms with Crippen LogP contribution < -0.4 is 5.32 Å². The standard InChI is InChI=1S/C19H24N4O/c1-14-8-7-9-15(2)18(14)20-17-11-10-16(21-22-17)19(24)23-12-5-3-4-6-13-23/h7-11H,3-6,12-13H2,1-2H3,(H,20,22). The highest BCUT2D eigenvalue weighted by Gasteiger charge is 2.18. The Morgan fingerprint density at radius 1 is 0.958 bits per heavy atom. The van der Waals surface area contributed by atoms with E-state index >= 15 is 0 Å². The van der Waals surface area contributed by atoms with Crippen LogP contribution in [-0.4, -0.2) is 34.1 Å². The zero-order chi connectivity index (χ0) is 16.9. The predicted octanol–water partition coefficient (Wildman–Crippen LogP) is 3.85. The first-order chi connectivity index (χ1) is 11.6. The number of benzene rings is 1. The zero-order valence-electron chi connectivity index (χ0n) is 14.4.